The number of fused-ring (bicyclic) bond motifs is 1. The molecule has 134 valence electrons. The monoisotopic (exact) mass is 361 g/mol. The van der Waals surface area contributed by atoms with E-state index in [1.807, 2.05) is 31.2 Å². The van der Waals surface area contributed by atoms with Gasteiger partial charge in [-0.25, -0.2) is 0 Å². The Morgan fingerprint density at radius 1 is 1.16 bits per heavy atom. The summed E-state index contributed by atoms with van der Waals surface area (Å²) in [5.74, 6) is 0.767. The standard InChI is InChI=1S/C19H23NO4S/c1-3-12-20-13-16(24-19-7-5-4-6-18(19)20)14-23-25(21,22)17-10-8-15(2)9-11-17/h4-11,16H,3,12-14H2,1-2H3. The van der Waals surface area contributed by atoms with Crippen molar-refractivity contribution in [3.05, 3.63) is 54.1 Å². The Bertz CT molecular complexity index is 818. The third-order valence-corrected chi connectivity index (χ3v) is 5.43. The predicted molar refractivity (Wildman–Crippen MR) is 97.7 cm³/mol. The number of para-hydroxylation sites is 2. The molecule has 1 unspecified atom stereocenters. The van der Waals surface area contributed by atoms with Crippen LogP contribution in [0.3, 0.4) is 0 Å². The number of aryl methyl sites for hydroxylation is 1. The van der Waals surface area contributed by atoms with Crippen molar-refractivity contribution >= 4 is 15.8 Å². The van der Waals surface area contributed by atoms with Gasteiger partial charge in [0, 0.05) is 6.54 Å². The maximum Gasteiger partial charge on any atom is 0.297 e. The lowest BCUT2D eigenvalue weighted by Crippen LogP contribution is -2.43. The van der Waals surface area contributed by atoms with Gasteiger partial charge in [0.25, 0.3) is 10.1 Å². The van der Waals surface area contributed by atoms with Crippen LogP contribution in [0.25, 0.3) is 0 Å². The van der Waals surface area contributed by atoms with Crippen LogP contribution in [0.2, 0.25) is 0 Å². The number of ether oxygens (including phenoxy) is 1. The smallest absolute Gasteiger partial charge is 0.297 e. The zero-order chi connectivity index (χ0) is 17.9. The van der Waals surface area contributed by atoms with Gasteiger partial charge in [-0.3, -0.25) is 4.18 Å². The van der Waals surface area contributed by atoms with Crippen molar-refractivity contribution in [1.82, 2.24) is 0 Å². The normalized spacial score (nSPS) is 17.0. The maximum atomic E-state index is 12.3. The highest BCUT2D eigenvalue weighted by Crippen LogP contribution is 2.33. The largest absolute Gasteiger partial charge is 0.484 e. The molecule has 2 aromatic carbocycles. The second kappa shape index (κ2) is 7.45. The molecule has 6 heteroatoms. The summed E-state index contributed by atoms with van der Waals surface area (Å²) in [7, 11) is -3.78. The van der Waals surface area contributed by atoms with Crippen molar-refractivity contribution in [3.8, 4) is 5.75 Å². The molecule has 2 aromatic rings. The van der Waals surface area contributed by atoms with Gasteiger partial charge in [-0.15, -0.1) is 0 Å². The van der Waals surface area contributed by atoms with Crippen molar-refractivity contribution in [2.45, 2.75) is 31.3 Å². The van der Waals surface area contributed by atoms with E-state index in [2.05, 4.69) is 11.8 Å². The van der Waals surface area contributed by atoms with Crippen molar-refractivity contribution < 1.29 is 17.3 Å². The maximum absolute atomic E-state index is 12.3. The molecule has 1 heterocycles. The third kappa shape index (κ3) is 4.14. The van der Waals surface area contributed by atoms with Gasteiger partial charge in [-0.2, -0.15) is 8.42 Å². The van der Waals surface area contributed by atoms with Crippen LogP contribution in [-0.2, 0) is 14.3 Å². The van der Waals surface area contributed by atoms with Gasteiger partial charge < -0.3 is 9.64 Å². The molecule has 5 nitrogen and oxygen atoms in total. The van der Waals surface area contributed by atoms with E-state index in [9.17, 15) is 8.42 Å². The van der Waals surface area contributed by atoms with E-state index >= 15 is 0 Å². The zero-order valence-corrected chi connectivity index (χ0v) is 15.3. The molecule has 0 radical (unpaired) electrons. The van der Waals surface area contributed by atoms with E-state index in [0.717, 1.165) is 30.0 Å². The Labute approximate surface area is 149 Å². The molecule has 1 atom stereocenters. The summed E-state index contributed by atoms with van der Waals surface area (Å²) in [6.45, 7) is 5.51. The fourth-order valence-corrected chi connectivity index (χ4v) is 3.82. The summed E-state index contributed by atoms with van der Waals surface area (Å²) in [5, 5.41) is 0. The average Bonchev–Trinajstić information content (AvgIpc) is 2.61. The van der Waals surface area contributed by atoms with E-state index < -0.39 is 10.1 Å². The van der Waals surface area contributed by atoms with Crippen LogP contribution in [0, 0.1) is 6.92 Å². The summed E-state index contributed by atoms with van der Waals surface area (Å²) in [5.41, 5.74) is 2.04. The Balaban J connectivity index is 1.70. The molecular formula is C19H23NO4S. The highest BCUT2D eigenvalue weighted by molar-refractivity contribution is 7.86. The van der Waals surface area contributed by atoms with Crippen molar-refractivity contribution in [3.63, 3.8) is 0 Å². The number of hydrogen-bond donors (Lipinski definition) is 0. The SMILES string of the molecule is CCCN1CC(COS(=O)(=O)c2ccc(C)cc2)Oc2ccccc21. The van der Waals surface area contributed by atoms with Gasteiger partial charge in [-0.05, 0) is 37.6 Å². The summed E-state index contributed by atoms with van der Waals surface area (Å²) >= 11 is 0. The minimum absolute atomic E-state index is 0.00917. The molecule has 0 aromatic heterocycles. The number of nitrogens with zero attached hydrogens (tertiary/aromatic N) is 1. The molecule has 0 saturated carbocycles. The van der Waals surface area contributed by atoms with Crippen LogP contribution in [0.1, 0.15) is 18.9 Å². The molecule has 3 rings (SSSR count). The summed E-state index contributed by atoms with van der Waals surface area (Å²) < 4.78 is 35.9. The van der Waals surface area contributed by atoms with Crippen molar-refractivity contribution in [2.24, 2.45) is 0 Å². The minimum Gasteiger partial charge on any atom is -0.484 e. The van der Waals surface area contributed by atoms with Crippen LogP contribution in [0.15, 0.2) is 53.4 Å². The van der Waals surface area contributed by atoms with Crippen molar-refractivity contribution in [1.29, 1.82) is 0 Å². The summed E-state index contributed by atoms with van der Waals surface area (Å²) in [6, 6.07) is 14.4. The number of rotatable bonds is 6. The van der Waals surface area contributed by atoms with E-state index in [1.165, 1.54) is 0 Å². The summed E-state index contributed by atoms with van der Waals surface area (Å²) in [4.78, 5) is 2.38. The number of benzene rings is 2. The van der Waals surface area contributed by atoms with Crippen LogP contribution in [0.5, 0.6) is 5.75 Å². The van der Waals surface area contributed by atoms with Crippen LogP contribution in [-0.4, -0.2) is 34.2 Å². The van der Waals surface area contributed by atoms with Crippen LogP contribution in [0.4, 0.5) is 5.69 Å². The second-order valence-corrected chi connectivity index (χ2v) is 7.82. The first kappa shape index (κ1) is 17.8. The topological polar surface area (TPSA) is 55.8 Å². The van der Waals surface area contributed by atoms with Gasteiger partial charge in [-0.1, -0.05) is 36.8 Å². The molecule has 0 spiro atoms. The molecule has 1 aliphatic rings. The van der Waals surface area contributed by atoms with Gasteiger partial charge in [0.2, 0.25) is 0 Å². The zero-order valence-electron chi connectivity index (χ0n) is 14.5. The lowest BCUT2D eigenvalue weighted by atomic mass is 10.2. The Hall–Kier alpha value is -2.05. The quantitative estimate of drug-likeness (QED) is 0.738. The van der Waals surface area contributed by atoms with Gasteiger partial charge in [0.05, 0.1) is 17.1 Å². The molecular weight excluding hydrogens is 338 g/mol. The van der Waals surface area contributed by atoms with E-state index in [0.29, 0.717) is 6.54 Å². The number of anilines is 1. The van der Waals surface area contributed by atoms with Crippen LogP contribution >= 0.6 is 0 Å². The molecule has 1 aliphatic heterocycles. The molecule has 25 heavy (non-hydrogen) atoms. The number of hydrogen-bond acceptors (Lipinski definition) is 5. The predicted octanol–water partition coefficient (Wildman–Crippen LogP) is 3.38. The summed E-state index contributed by atoms with van der Waals surface area (Å²) in [6.07, 6.45) is 0.672. The fourth-order valence-electron chi connectivity index (χ4n) is 2.89. The van der Waals surface area contributed by atoms with E-state index in [4.69, 9.17) is 8.92 Å². The Morgan fingerprint density at radius 2 is 1.88 bits per heavy atom. The highest BCUT2D eigenvalue weighted by Gasteiger charge is 2.27. The lowest BCUT2D eigenvalue weighted by Gasteiger charge is -2.35. The molecule has 0 aliphatic carbocycles. The second-order valence-electron chi connectivity index (χ2n) is 6.21. The first-order valence-electron chi connectivity index (χ1n) is 8.46. The highest BCUT2D eigenvalue weighted by atomic mass is 32.2. The Morgan fingerprint density at radius 3 is 2.60 bits per heavy atom. The third-order valence-electron chi connectivity index (χ3n) is 4.14. The molecule has 0 saturated heterocycles. The van der Waals surface area contributed by atoms with Gasteiger partial charge in [0.15, 0.2) is 0 Å². The Kier molecular flexibility index (Phi) is 5.30. The first-order valence-corrected chi connectivity index (χ1v) is 9.87. The molecule has 0 amide bonds. The minimum atomic E-state index is -3.78. The fraction of sp³-hybridized carbons (Fsp3) is 0.368. The van der Waals surface area contributed by atoms with Gasteiger partial charge >= 0.3 is 0 Å². The van der Waals surface area contributed by atoms with Crippen molar-refractivity contribution in [2.75, 3.05) is 24.6 Å². The first-order chi connectivity index (χ1) is 12.0. The molecule has 0 bridgehead atoms. The van der Waals surface area contributed by atoms with E-state index in [-0.39, 0.29) is 17.6 Å². The van der Waals surface area contributed by atoms with Gasteiger partial charge in [0.1, 0.15) is 18.5 Å². The van der Waals surface area contributed by atoms with E-state index in [1.54, 1.807) is 24.3 Å². The van der Waals surface area contributed by atoms with Crippen LogP contribution < -0.4 is 9.64 Å². The lowest BCUT2D eigenvalue weighted by molar-refractivity contribution is 0.127. The average molecular weight is 361 g/mol. The molecule has 0 fully saturated rings. The molecule has 0 N–H and O–H groups in total.